The molecule has 158 valence electrons. The maximum absolute atomic E-state index is 12.4. The highest BCUT2D eigenvalue weighted by Crippen LogP contribution is 2.24. The van der Waals surface area contributed by atoms with Crippen molar-refractivity contribution in [2.45, 2.75) is 6.92 Å². The van der Waals surface area contributed by atoms with Crippen LogP contribution in [0, 0.1) is 10.1 Å². The zero-order valence-electron chi connectivity index (χ0n) is 16.4. The number of ether oxygens (including phenoxy) is 1. The van der Waals surface area contributed by atoms with Crippen LogP contribution in [0.5, 0.6) is 5.75 Å². The first-order chi connectivity index (χ1) is 14.9. The van der Waals surface area contributed by atoms with Crippen LogP contribution in [0.4, 0.5) is 17.1 Å². The van der Waals surface area contributed by atoms with Crippen molar-refractivity contribution in [3.05, 3.63) is 93.0 Å². The summed E-state index contributed by atoms with van der Waals surface area (Å²) >= 11 is 5.77. The highest BCUT2D eigenvalue weighted by molar-refractivity contribution is 6.31. The summed E-state index contributed by atoms with van der Waals surface area (Å²) in [6.07, 6.45) is 0. The van der Waals surface area contributed by atoms with Crippen molar-refractivity contribution in [3.8, 4) is 5.75 Å². The van der Waals surface area contributed by atoms with E-state index in [1.807, 2.05) is 6.92 Å². The number of carbonyl (C=O) groups is 2. The number of halogens is 1. The Hall–Kier alpha value is -3.91. The number of hydrogen-bond donors (Lipinski definition) is 2. The third-order valence-electron chi connectivity index (χ3n) is 4.23. The minimum atomic E-state index is -0.671. The zero-order valence-corrected chi connectivity index (χ0v) is 17.2. The van der Waals surface area contributed by atoms with Crippen molar-refractivity contribution < 1.29 is 19.2 Å². The summed E-state index contributed by atoms with van der Waals surface area (Å²) in [5, 5.41) is 16.7. The summed E-state index contributed by atoms with van der Waals surface area (Å²) in [5.74, 6) is -0.271. The molecule has 0 aromatic heterocycles. The summed E-state index contributed by atoms with van der Waals surface area (Å²) in [5.41, 5.74) is 0.861. The summed E-state index contributed by atoms with van der Waals surface area (Å²) < 4.78 is 5.36. The van der Waals surface area contributed by atoms with Crippen LogP contribution in [-0.4, -0.2) is 23.3 Å². The normalized spacial score (nSPS) is 10.3. The number of nitrogens with zero attached hydrogens (tertiary/aromatic N) is 1. The van der Waals surface area contributed by atoms with Gasteiger partial charge in [-0.05, 0) is 67.6 Å². The summed E-state index contributed by atoms with van der Waals surface area (Å²) in [6.45, 7) is 2.44. The van der Waals surface area contributed by atoms with Crippen molar-refractivity contribution in [1.29, 1.82) is 0 Å². The van der Waals surface area contributed by atoms with Crippen LogP contribution in [0.25, 0.3) is 0 Å². The van der Waals surface area contributed by atoms with Gasteiger partial charge < -0.3 is 15.4 Å². The molecule has 0 saturated heterocycles. The van der Waals surface area contributed by atoms with Crippen LogP contribution in [0.2, 0.25) is 5.02 Å². The predicted molar refractivity (Wildman–Crippen MR) is 118 cm³/mol. The molecule has 3 aromatic carbocycles. The first-order valence-corrected chi connectivity index (χ1v) is 9.64. The van der Waals surface area contributed by atoms with Crippen molar-refractivity contribution in [2.24, 2.45) is 0 Å². The number of nitrogens with one attached hydrogen (secondary N) is 2. The second-order valence-corrected chi connectivity index (χ2v) is 6.80. The van der Waals surface area contributed by atoms with Gasteiger partial charge in [-0.1, -0.05) is 11.6 Å². The molecule has 2 amide bonds. The van der Waals surface area contributed by atoms with Crippen LogP contribution in [0.1, 0.15) is 27.6 Å². The molecular weight excluding hydrogens is 422 g/mol. The van der Waals surface area contributed by atoms with Crippen molar-refractivity contribution >= 4 is 40.5 Å². The van der Waals surface area contributed by atoms with Gasteiger partial charge in [-0.3, -0.25) is 19.7 Å². The lowest BCUT2D eigenvalue weighted by Gasteiger charge is -2.09. The molecule has 0 aliphatic rings. The summed E-state index contributed by atoms with van der Waals surface area (Å²) in [6, 6.07) is 16.9. The minimum absolute atomic E-state index is 0.119. The molecule has 0 fully saturated rings. The fourth-order valence-electron chi connectivity index (χ4n) is 2.76. The van der Waals surface area contributed by atoms with Gasteiger partial charge in [-0.25, -0.2) is 0 Å². The van der Waals surface area contributed by atoms with Gasteiger partial charge in [0.2, 0.25) is 0 Å². The van der Waals surface area contributed by atoms with Crippen molar-refractivity contribution in [1.82, 2.24) is 0 Å². The monoisotopic (exact) mass is 439 g/mol. The molecule has 0 aliphatic heterocycles. The molecule has 9 heteroatoms. The molecule has 2 N–H and O–H groups in total. The fraction of sp³-hybridized carbons (Fsp3) is 0.0909. The van der Waals surface area contributed by atoms with E-state index in [1.165, 1.54) is 36.4 Å². The second kappa shape index (κ2) is 9.73. The van der Waals surface area contributed by atoms with E-state index < -0.39 is 16.5 Å². The SMILES string of the molecule is CCOc1ccc(NC(=O)c2ccc(NC(=O)c3ccc(Cl)cc3[N+](=O)[O-])cc2)cc1. The third-order valence-corrected chi connectivity index (χ3v) is 4.46. The van der Waals surface area contributed by atoms with E-state index >= 15 is 0 Å². The molecule has 0 spiro atoms. The zero-order chi connectivity index (χ0) is 22.4. The van der Waals surface area contributed by atoms with Gasteiger partial charge in [-0.15, -0.1) is 0 Å². The van der Waals surface area contributed by atoms with Crippen LogP contribution < -0.4 is 15.4 Å². The predicted octanol–water partition coefficient (Wildman–Crippen LogP) is 5.15. The fourth-order valence-corrected chi connectivity index (χ4v) is 2.92. The Balaban J connectivity index is 1.67. The van der Waals surface area contributed by atoms with Gasteiger partial charge in [0, 0.05) is 28.0 Å². The largest absolute Gasteiger partial charge is 0.494 e. The average molecular weight is 440 g/mol. The van der Waals surface area contributed by atoms with E-state index in [9.17, 15) is 19.7 Å². The van der Waals surface area contributed by atoms with Crippen molar-refractivity contribution in [3.63, 3.8) is 0 Å². The Labute approximate surface area is 182 Å². The molecule has 0 radical (unpaired) electrons. The first-order valence-electron chi connectivity index (χ1n) is 9.27. The van der Waals surface area contributed by atoms with Gasteiger partial charge in [0.15, 0.2) is 0 Å². The minimum Gasteiger partial charge on any atom is -0.494 e. The van der Waals surface area contributed by atoms with E-state index in [0.29, 0.717) is 29.3 Å². The van der Waals surface area contributed by atoms with Crippen molar-refractivity contribution in [2.75, 3.05) is 17.2 Å². The summed E-state index contributed by atoms with van der Waals surface area (Å²) in [7, 11) is 0. The quantitative estimate of drug-likeness (QED) is 0.390. The standard InChI is InChI=1S/C22H18ClN3O5/c1-2-31-18-10-8-17(9-11-18)24-21(27)14-3-6-16(7-4-14)25-22(28)19-12-5-15(23)13-20(19)26(29)30/h3-13H,2H2,1H3,(H,24,27)(H,25,28). The highest BCUT2D eigenvalue weighted by atomic mass is 35.5. The number of amides is 2. The Kier molecular flexibility index (Phi) is 6.84. The molecule has 0 heterocycles. The Morgan fingerprint density at radius 2 is 1.52 bits per heavy atom. The number of nitro groups is 1. The molecule has 3 aromatic rings. The number of rotatable bonds is 7. The first kappa shape index (κ1) is 21.8. The number of nitro benzene ring substituents is 1. The van der Waals surface area contributed by atoms with Gasteiger partial charge in [-0.2, -0.15) is 0 Å². The molecular formula is C22H18ClN3O5. The van der Waals surface area contributed by atoms with E-state index in [4.69, 9.17) is 16.3 Å². The third kappa shape index (κ3) is 5.58. The molecule has 0 bridgehead atoms. The molecule has 0 aliphatic carbocycles. The van der Waals surface area contributed by atoms with E-state index in [0.717, 1.165) is 6.07 Å². The van der Waals surface area contributed by atoms with E-state index in [1.54, 1.807) is 24.3 Å². The van der Waals surface area contributed by atoms with Crippen LogP contribution in [0.3, 0.4) is 0 Å². The lowest BCUT2D eigenvalue weighted by molar-refractivity contribution is -0.385. The number of hydrogen-bond acceptors (Lipinski definition) is 5. The number of benzene rings is 3. The van der Waals surface area contributed by atoms with E-state index in [2.05, 4.69) is 10.6 Å². The van der Waals surface area contributed by atoms with Crippen LogP contribution >= 0.6 is 11.6 Å². The Bertz CT molecular complexity index is 1110. The Morgan fingerprint density at radius 3 is 2.10 bits per heavy atom. The smallest absolute Gasteiger partial charge is 0.283 e. The lowest BCUT2D eigenvalue weighted by Crippen LogP contribution is -2.15. The highest BCUT2D eigenvalue weighted by Gasteiger charge is 2.20. The molecule has 0 saturated carbocycles. The number of anilines is 2. The number of carbonyl (C=O) groups excluding carboxylic acids is 2. The molecule has 3 rings (SSSR count). The average Bonchev–Trinajstić information content (AvgIpc) is 2.75. The van der Waals surface area contributed by atoms with Gasteiger partial charge in [0.25, 0.3) is 17.5 Å². The maximum Gasteiger partial charge on any atom is 0.283 e. The Morgan fingerprint density at radius 1 is 0.935 bits per heavy atom. The lowest BCUT2D eigenvalue weighted by atomic mass is 10.1. The molecule has 31 heavy (non-hydrogen) atoms. The van der Waals surface area contributed by atoms with Crippen LogP contribution in [0.15, 0.2) is 66.7 Å². The van der Waals surface area contributed by atoms with Gasteiger partial charge in [0.05, 0.1) is 11.5 Å². The molecule has 0 unspecified atom stereocenters. The second-order valence-electron chi connectivity index (χ2n) is 6.36. The molecule has 0 atom stereocenters. The summed E-state index contributed by atoms with van der Waals surface area (Å²) in [4.78, 5) is 35.3. The van der Waals surface area contributed by atoms with Crippen LogP contribution in [-0.2, 0) is 0 Å². The molecule has 8 nitrogen and oxygen atoms in total. The topological polar surface area (TPSA) is 111 Å². The maximum atomic E-state index is 12.4. The van der Waals surface area contributed by atoms with Gasteiger partial charge in [0.1, 0.15) is 11.3 Å². The van der Waals surface area contributed by atoms with E-state index in [-0.39, 0.29) is 16.5 Å². The van der Waals surface area contributed by atoms with Gasteiger partial charge >= 0.3 is 0 Å².